The van der Waals surface area contributed by atoms with Crippen LogP contribution in [-0.2, 0) is 16.2 Å². The third-order valence-corrected chi connectivity index (χ3v) is 7.10. The van der Waals surface area contributed by atoms with Crippen molar-refractivity contribution in [3.8, 4) is 33.8 Å². The molecule has 0 bridgehead atoms. The Kier molecular flexibility index (Phi) is 7.52. The Labute approximate surface area is 205 Å². The third-order valence-electron chi connectivity index (χ3n) is 5.39. The van der Waals surface area contributed by atoms with Crippen molar-refractivity contribution in [2.45, 2.75) is 39.3 Å². The molecular weight excluding hydrogens is 460 g/mol. The van der Waals surface area contributed by atoms with Crippen molar-refractivity contribution in [1.82, 2.24) is 30.2 Å². The van der Waals surface area contributed by atoms with Crippen molar-refractivity contribution in [2.24, 2.45) is 0 Å². The minimum Gasteiger partial charge on any atom is -0.461 e. The molecule has 182 valence electrons. The first-order chi connectivity index (χ1) is 16.9. The molecule has 0 aliphatic carbocycles. The van der Waals surface area contributed by atoms with E-state index in [2.05, 4.69) is 45.0 Å². The van der Waals surface area contributed by atoms with Gasteiger partial charge in [0.2, 0.25) is 0 Å². The zero-order chi connectivity index (χ0) is 24.8. The van der Waals surface area contributed by atoms with Gasteiger partial charge in [0, 0.05) is 25.8 Å². The topological polar surface area (TPSA) is 108 Å². The summed E-state index contributed by atoms with van der Waals surface area (Å²) < 4.78 is 11.0. The van der Waals surface area contributed by atoms with Crippen LogP contribution in [0.5, 0.6) is 0 Å². The smallest absolute Gasteiger partial charge is 0.361 e. The molecular formula is C25H30N6O3Si. The monoisotopic (exact) mass is 490 g/mol. The van der Waals surface area contributed by atoms with Gasteiger partial charge in [0.15, 0.2) is 18.2 Å². The van der Waals surface area contributed by atoms with Gasteiger partial charge in [-0.05, 0) is 24.1 Å². The first-order valence-electron chi connectivity index (χ1n) is 11.6. The molecule has 0 atom stereocenters. The number of nitrogens with one attached hydrogen (secondary N) is 1. The van der Waals surface area contributed by atoms with Crippen molar-refractivity contribution >= 4 is 14.0 Å². The Morgan fingerprint density at radius 1 is 1.00 bits per heavy atom. The molecule has 35 heavy (non-hydrogen) atoms. The van der Waals surface area contributed by atoms with Crippen LogP contribution in [0.2, 0.25) is 25.7 Å². The summed E-state index contributed by atoms with van der Waals surface area (Å²) in [5, 5.41) is 15.8. The number of carbonyl (C=O) groups is 1. The summed E-state index contributed by atoms with van der Waals surface area (Å²) in [4.78, 5) is 18.3. The number of aromatic nitrogens is 6. The molecule has 0 aliphatic heterocycles. The average molecular weight is 491 g/mol. The summed E-state index contributed by atoms with van der Waals surface area (Å²) in [6.07, 6.45) is 1.49. The van der Waals surface area contributed by atoms with Gasteiger partial charge < -0.3 is 9.47 Å². The molecule has 0 fully saturated rings. The number of carbonyl (C=O) groups excluding carboxylic acids is 1. The lowest BCUT2D eigenvalue weighted by molar-refractivity contribution is 0.0507. The van der Waals surface area contributed by atoms with Crippen LogP contribution in [0.25, 0.3) is 33.8 Å². The van der Waals surface area contributed by atoms with Crippen LogP contribution in [0.4, 0.5) is 0 Å². The fourth-order valence-electron chi connectivity index (χ4n) is 3.55. The zero-order valence-corrected chi connectivity index (χ0v) is 21.5. The van der Waals surface area contributed by atoms with Gasteiger partial charge in [0.05, 0.1) is 6.61 Å². The van der Waals surface area contributed by atoms with E-state index in [-0.39, 0.29) is 19.0 Å². The lowest BCUT2D eigenvalue weighted by atomic mass is 9.97. The van der Waals surface area contributed by atoms with E-state index < -0.39 is 14.0 Å². The Morgan fingerprint density at radius 3 is 2.37 bits per heavy atom. The average Bonchev–Trinajstić information content (AvgIpc) is 3.52. The van der Waals surface area contributed by atoms with Crippen molar-refractivity contribution in [3.05, 3.63) is 60.6 Å². The minimum absolute atomic E-state index is 0.176. The van der Waals surface area contributed by atoms with Gasteiger partial charge in [0.25, 0.3) is 0 Å². The predicted octanol–water partition coefficient (Wildman–Crippen LogP) is 4.89. The first kappa shape index (κ1) is 24.5. The fraction of sp³-hybridized carbons (Fsp3) is 0.320. The number of benzene rings is 2. The summed E-state index contributed by atoms with van der Waals surface area (Å²) in [5.74, 6) is 0.196. The van der Waals surface area contributed by atoms with Crippen LogP contribution in [0.3, 0.4) is 0 Å². The largest absolute Gasteiger partial charge is 0.461 e. The van der Waals surface area contributed by atoms with Gasteiger partial charge >= 0.3 is 5.97 Å². The van der Waals surface area contributed by atoms with Gasteiger partial charge in [-0.1, -0.05) is 68.2 Å². The fourth-order valence-corrected chi connectivity index (χ4v) is 4.30. The summed E-state index contributed by atoms with van der Waals surface area (Å²) in [6.45, 7) is 9.74. The van der Waals surface area contributed by atoms with E-state index in [1.54, 1.807) is 6.92 Å². The number of ether oxygens (including phenoxy) is 2. The summed E-state index contributed by atoms with van der Waals surface area (Å²) in [7, 11) is -1.20. The molecule has 2 heterocycles. The molecule has 2 aromatic heterocycles. The predicted molar refractivity (Wildman–Crippen MR) is 136 cm³/mol. The first-order valence-corrected chi connectivity index (χ1v) is 15.3. The lowest BCUT2D eigenvalue weighted by Crippen LogP contribution is -2.22. The van der Waals surface area contributed by atoms with E-state index in [0.29, 0.717) is 18.1 Å². The third kappa shape index (κ3) is 6.09. The van der Waals surface area contributed by atoms with Crippen LogP contribution in [0.15, 0.2) is 54.9 Å². The molecule has 0 saturated heterocycles. The molecule has 0 radical (unpaired) electrons. The highest BCUT2D eigenvalue weighted by molar-refractivity contribution is 6.76. The zero-order valence-electron chi connectivity index (χ0n) is 20.5. The maximum absolute atomic E-state index is 12.6. The van der Waals surface area contributed by atoms with E-state index in [4.69, 9.17) is 9.47 Å². The Hall–Kier alpha value is -3.63. The van der Waals surface area contributed by atoms with Gasteiger partial charge in [0.1, 0.15) is 12.0 Å². The molecule has 4 aromatic rings. The molecule has 0 unspecified atom stereocenters. The van der Waals surface area contributed by atoms with Crippen LogP contribution in [0.1, 0.15) is 17.4 Å². The molecule has 0 aliphatic rings. The van der Waals surface area contributed by atoms with E-state index in [0.717, 1.165) is 28.3 Å². The van der Waals surface area contributed by atoms with E-state index in [9.17, 15) is 4.79 Å². The molecule has 0 spiro atoms. The highest BCUT2D eigenvalue weighted by Gasteiger charge is 2.22. The Morgan fingerprint density at radius 2 is 1.71 bits per heavy atom. The maximum atomic E-state index is 12.6. The SMILES string of the molecule is CCOC(=O)c1nn(COCC[Si](C)(C)C)nc1-c1ccc(-c2ccccc2-c2ncn[nH]2)cc1. The summed E-state index contributed by atoms with van der Waals surface area (Å²) in [5.41, 5.74) is 4.37. The highest BCUT2D eigenvalue weighted by Crippen LogP contribution is 2.31. The molecule has 0 saturated carbocycles. The van der Waals surface area contributed by atoms with Crippen LogP contribution in [-0.4, -0.2) is 57.4 Å². The Bertz CT molecular complexity index is 1260. The summed E-state index contributed by atoms with van der Waals surface area (Å²) >= 11 is 0. The van der Waals surface area contributed by atoms with Crippen LogP contribution in [0, 0.1) is 0 Å². The van der Waals surface area contributed by atoms with Crippen LogP contribution >= 0.6 is 0 Å². The van der Waals surface area contributed by atoms with Gasteiger partial charge in [-0.15, -0.1) is 5.10 Å². The molecule has 4 rings (SSSR count). The molecule has 2 aromatic carbocycles. The van der Waals surface area contributed by atoms with Crippen molar-refractivity contribution in [3.63, 3.8) is 0 Å². The maximum Gasteiger partial charge on any atom is 0.361 e. The van der Waals surface area contributed by atoms with Gasteiger partial charge in [-0.25, -0.2) is 9.78 Å². The number of H-pyrrole nitrogens is 1. The molecule has 10 heteroatoms. The van der Waals surface area contributed by atoms with Crippen molar-refractivity contribution in [1.29, 1.82) is 0 Å². The normalized spacial score (nSPS) is 11.5. The van der Waals surface area contributed by atoms with Gasteiger partial charge in [-0.2, -0.15) is 15.0 Å². The number of aromatic amines is 1. The van der Waals surface area contributed by atoms with Gasteiger partial charge in [-0.3, -0.25) is 5.10 Å². The van der Waals surface area contributed by atoms with Crippen molar-refractivity contribution < 1.29 is 14.3 Å². The number of rotatable bonds is 10. The standard InChI is InChI=1S/C25H30N6O3Si/c1-5-34-25(32)23-22(29-31(30-23)17-33-14-15-35(2,3)4)19-12-10-18(11-13-19)20-8-6-7-9-21(20)24-26-16-27-28-24/h6-13,16H,5,14-15,17H2,1-4H3,(H,26,27,28). The minimum atomic E-state index is -1.20. The van der Waals surface area contributed by atoms with E-state index in [1.165, 1.54) is 11.1 Å². The highest BCUT2D eigenvalue weighted by atomic mass is 28.3. The molecule has 9 nitrogen and oxygen atoms in total. The van der Waals surface area contributed by atoms with Crippen molar-refractivity contribution in [2.75, 3.05) is 13.2 Å². The Balaban J connectivity index is 1.60. The van der Waals surface area contributed by atoms with E-state index >= 15 is 0 Å². The second-order valence-electron chi connectivity index (χ2n) is 9.29. The lowest BCUT2D eigenvalue weighted by Gasteiger charge is -2.14. The number of hydrogen-bond acceptors (Lipinski definition) is 7. The second kappa shape index (κ2) is 10.7. The molecule has 1 N–H and O–H groups in total. The molecule has 0 amide bonds. The van der Waals surface area contributed by atoms with E-state index in [1.807, 2.05) is 48.5 Å². The second-order valence-corrected chi connectivity index (χ2v) is 14.9. The number of esters is 1. The quantitative estimate of drug-likeness (QED) is 0.192. The summed E-state index contributed by atoms with van der Waals surface area (Å²) in [6, 6.07) is 16.8. The number of nitrogens with zero attached hydrogens (tertiary/aromatic N) is 5. The van der Waals surface area contributed by atoms with Crippen LogP contribution < -0.4 is 0 Å². The number of hydrogen-bond donors (Lipinski definition) is 1.